The molecule has 0 fully saturated rings. The molecule has 182 valence electrons. The third-order valence-corrected chi connectivity index (χ3v) is 6.05. The van der Waals surface area contributed by atoms with Crippen molar-refractivity contribution in [2.24, 2.45) is 0 Å². The second-order valence-electron chi connectivity index (χ2n) is 9.32. The molecule has 0 unspecified atom stereocenters. The highest BCUT2D eigenvalue weighted by Gasteiger charge is 2.24. The largest absolute Gasteiger partial charge is 0.496 e. The number of nitrogens with zero attached hydrogens (tertiary/aromatic N) is 1. The first kappa shape index (κ1) is 24.3. The normalized spacial score (nSPS) is 12.0. The number of aromatic nitrogens is 2. The van der Waals surface area contributed by atoms with Crippen molar-refractivity contribution < 1.29 is 17.3 Å². The molecule has 0 saturated carbocycles. The maximum absolute atomic E-state index is 12.5. The van der Waals surface area contributed by atoms with Crippen molar-refractivity contribution in [1.29, 1.82) is 0 Å². The van der Waals surface area contributed by atoms with Crippen molar-refractivity contribution in [3.8, 4) is 28.3 Å². The zero-order chi connectivity index (χ0) is 25.5. The number of benzene rings is 3. The Bertz CT molecular complexity index is 1660. The number of fused-ring (bicyclic) bond motifs is 1. The number of aromatic amines is 1. The van der Waals surface area contributed by atoms with E-state index in [1.54, 1.807) is 25.3 Å². The lowest BCUT2D eigenvalue weighted by Gasteiger charge is -2.25. The number of H-pyrrole nitrogens is 1. The van der Waals surface area contributed by atoms with E-state index in [1.165, 1.54) is 16.8 Å². The number of hydrogen-bond acceptors (Lipinski definition) is 6. The zero-order valence-corrected chi connectivity index (χ0v) is 20.9. The third-order valence-electron chi connectivity index (χ3n) is 5.56. The number of nitrogens with one attached hydrogen (secondary N) is 1. The minimum absolute atomic E-state index is 0.236. The zero-order valence-electron chi connectivity index (χ0n) is 20.1. The van der Waals surface area contributed by atoms with Crippen molar-refractivity contribution in [3.63, 3.8) is 0 Å². The Morgan fingerprint density at radius 3 is 2.23 bits per heavy atom. The van der Waals surface area contributed by atoms with E-state index >= 15 is 0 Å². The SMILES string of the molecule is COc1c(-c2ccc3cc(OS(C)(=O)=O)ccc3c2)cc(-n2ccc(=O)[nH]c2=O)cc1C(C)(C)C. The summed E-state index contributed by atoms with van der Waals surface area (Å²) < 4.78 is 35.2. The standard InChI is InChI=1S/C26H26N2O6S/c1-26(2,3)22-15-19(28-11-10-23(29)27-25(28)30)14-21(24(22)33-4)18-7-6-17-13-20(34-35(5,31)32)9-8-16(17)12-18/h6-15H,1-5H3,(H,27,29,30). The van der Waals surface area contributed by atoms with Crippen molar-refractivity contribution in [2.45, 2.75) is 26.2 Å². The van der Waals surface area contributed by atoms with Crippen LogP contribution >= 0.6 is 0 Å². The number of methoxy groups -OCH3 is 1. The Balaban J connectivity index is 1.94. The van der Waals surface area contributed by atoms with Gasteiger partial charge in [-0.05, 0) is 52.1 Å². The molecule has 0 amide bonds. The number of hydrogen-bond donors (Lipinski definition) is 1. The highest BCUT2D eigenvalue weighted by atomic mass is 32.2. The monoisotopic (exact) mass is 494 g/mol. The van der Waals surface area contributed by atoms with E-state index in [-0.39, 0.29) is 11.2 Å². The van der Waals surface area contributed by atoms with Crippen LogP contribution in [0, 0.1) is 0 Å². The van der Waals surface area contributed by atoms with Gasteiger partial charge in [-0.25, -0.2) is 4.79 Å². The summed E-state index contributed by atoms with van der Waals surface area (Å²) >= 11 is 0. The maximum Gasteiger partial charge on any atom is 0.332 e. The summed E-state index contributed by atoms with van der Waals surface area (Å²) in [5.74, 6) is 0.912. The molecule has 0 bridgehead atoms. The van der Waals surface area contributed by atoms with Crippen LogP contribution in [-0.4, -0.2) is 31.3 Å². The lowest BCUT2D eigenvalue weighted by Crippen LogP contribution is -2.27. The minimum Gasteiger partial charge on any atom is -0.496 e. The summed E-state index contributed by atoms with van der Waals surface area (Å²) in [6, 6.07) is 15.8. The van der Waals surface area contributed by atoms with E-state index in [9.17, 15) is 18.0 Å². The smallest absolute Gasteiger partial charge is 0.332 e. The molecule has 0 saturated heterocycles. The topological polar surface area (TPSA) is 107 Å². The maximum atomic E-state index is 12.5. The molecule has 0 spiro atoms. The van der Waals surface area contributed by atoms with Crippen LogP contribution in [0.5, 0.6) is 11.5 Å². The highest BCUT2D eigenvalue weighted by Crippen LogP contribution is 2.41. The fourth-order valence-electron chi connectivity index (χ4n) is 3.98. The highest BCUT2D eigenvalue weighted by molar-refractivity contribution is 7.86. The van der Waals surface area contributed by atoms with Crippen LogP contribution in [-0.2, 0) is 15.5 Å². The average Bonchev–Trinajstić information content (AvgIpc) is 2.76. The Morgan fingerprint density at radius 2 is 1.60 bits per heavy atom. The summed E-state index contributed by atoms with van der Waals surface area (Å²) in [6.07, 6.45) is 2.45. The Hall–Kier alpha value is -3.85. The van der Waals surface area contributed by atoms with Gasteiger partial charge in [0.15, 0.2) is 0 Å². The first-order chi connectivity index (χ1) is 16.4. The second kappa shape index (κ2) is 8.74. The van der Waals surface area contributed by atoms with Gasteiger partial charge in [0.1, 0.15) is 11.5 Å². The van der Waals surface area contributed by atoms with Gasteiger partial charge < -0.3 is 8.92 Å². The van der Waals surface area contributed by atoms with Gasteiger partial charge in [-0.3, -0.25) is 14.3 Å². The molecule has 4 rings (SSSR count). The molecular formula is C26H26N2O6S. The third kappa shape index (κ3) is 5.14. The van der Waals surface area contributed by atoms with Gasteiger partial charge in [-0.15, -0.1) is 0 Å². The number of rotatable bonds is 5. The van der Waals surface area contributed by atoms with Crippen LogP contribution in [0.1, 0.15) is 26.3 Å². The molecule has 0 radical (unpaired) electrons. The lowest BCUT2D eigenvalue weighted by atomic mass is 9.83. The molecule has 0 atom stereocenters. The van der Waals surface area contributed by atoms with E-state index in [4.69, 9.17) is 8.92 Å². The summed E-state index contributed by atoms with van der Waals surface area (Å²) in [5.41, 5.74) is 1.78. The van der Waals surface area contributed by atoms with Gasteiger partial charge in [0.2, 0.25) is 0 Å². The first-order valence-corrected chi connectivity index (χ1v) is 12.7. The molecule has 0 aliphatic heterocycles. The van der Waals surface area contributed by atoms with Crippen LogP contribution in [0.4, 0.5) is 0 Å². The van der Waals surface area contributed by atoms with Crippen LogP contribution in [0.3, 0.4) is 0 Å². The molecule has 1 N–H and O–H groups in total. The van der Waals surface area contributed by atoms with Crippen molar-refractivity contribution >= 4 is 20.9 Å². The fourth-order valence-corrected chi connectivity index (χ4v) is 4.44. The molecular weight excluding hydrogens is 468 g/mol. The van der Waals surface area contributed by atoms with Gasteiger partial charge in [-0.1, -0.05) is 39.0 Å². The number of ether oxygens (including phenoxy) is 1. The first-order valence-electron chi connectivity index (χ1n) is 10.8. The van der Waals surface area contributed by atoms with Gasteiger partial charge in [0, 0.05) is 23.4 Å². The molecule has 0 aliphatic rings. The van der Waals surface area contributed by atoms with Gasteiger partial charge >= 0.3 is 15.8 Å². The minimum atomic E-state index is -3.63. The Morgan fingerprint density at radius 1 is 0.914 bits per heavy atom. The van der Waals surface area contributed by atoms with E-state index in [2.05, 4.69) is 25.8 Å². The van der Waals surface area contributed by atoms with Crippen LogP contribution < -0.4 is 20.2 Å². The van der Waals surface area contributed by atoms with Crippen LogP contribution in [0.25, 0.3) is 27.6 Å². The van der Waals surface area contributed by atoms with E-state index in [1.807, 2.05) is 30.3 Å². The molecule has 1 aromatic heterocycles. The second-order valence-corrected chi connectivity index (χ2v) is 10.9. The predicted molar refractivity (Wildman–Crippen MR) is 136 cm³/mol. The molecule has 1 heterocycles. The Labute approximate surface area is 202 Å². The summed E-state index contributed by atoms with van der Waals surface area (Å²) in [7, 11) is -2.02. The molecule has 9 heteroatoms. The van der Waals surface area contributed by atoms with Crippen molar-refractivity contribution in [3.05, 3.63) is 87.2 Å². The van der Waals surface area contributed by atoms with Crippen molar-refractivity contribution in [2.75, 3.05) is 13.4 Å². The predicted octanol–water partition coefficient (Wildman–Crippen LogP) is 3.99. The quantitative estimate of drug-likeness (QED) is 0.421. The van der Waals surface area contributed by atoms with E-state index in [0.717, 1.165) is 33.7 Å². The molecule has 8 nitrogen and oxygen atoms in total. The summed E-state index contributed by atoms with van der Waals surface area (Å²) in [4.78, 5) is 26.4. The van der Waals surface area contributed by atoms with Crippen molar-refractivity contribution in [1.82, 2.24) is 9.55 Å². The van der Waals surface area contributed by atoms with E-state index < -0.39 is 21.4 Å². The summed E-state index contributed by atoms with van der Waals surface area (Å²) in [5, 5.41) is 1.67. The van der Waals surface area contributed by atoms with Crippen LogP contribution in [0.15, 0.2) is 70.4 Å². The molecule has 4 aromatic rings. The average molecular weight is 495 g/mol. The molecule has 0 aliphatic carbocycles. The Kier molecular flexibility index (Phi) is 6.06. The van der Waals surface area contributed by atoms with Gasteiger partial charge in [-0.2, -0.15) is 8.42 Å². The fraction of sp³-hybridized carbons (Fsp3) is 0.231. The van der Waals surface area contributed by atoms with Gasteiger partial charge in [0.05, 0.1) is 19.1 Å². The molecule has 35 heavy (non-hydrogen) atoms. The summed E-state index contributed by atoms with van der Waals surface area (Å²) in [6.45, 7) is 6.16. The molecule has 3 aromatic carbocycles. The van der Waals surface area contributed by atoms with Gasteiger partial charge in [0.25, 0.3) is 5.56 Å². The van der Waals surface area contributed by atoms with Crippen LogP contribution in [0.2, 0.25) is 0 Å². The van der Waals surface area contributed by atoms with E-state index in [0.29, 0.717) is 11.4 Å². The lowest BCUT2D eigenvalue weighted by molar-refractivity contribution is 0.399.